The summed E-state index contributed by atoms with van der Waals surface area (Å²) >= 11 is 4.37. The van der Waals surface area contributed by atoms with Gasteiger partial charge in [0.15, 0.2) is 0 Å². The second-order valence-electron chi connectivity index (χ2n) is 3.36. The first-order chi connectivity index (χ1) is 7.34. The molecule has 3 rings (SSSR count). The predicted octanol–water partition coefficient (Wildman–Crippen LogP) is 3.07. The van der Waals surface area contributed by atoms with Gasteiger partial charge in [0.05, 0.1) is 16.6 Å². The highest BCUT2D eigenvalue weighted by Gasteiger charge is 2.02. The van der Waals surface area contributed by atoms with Crippen LogP contribution in [-0.2, 0) is 0 Å². The third-order valence-electron chi connectivity index (χ3n) is 2.35. The Bertz CT molecular complexity index is 649. The maximum absolute atomic E-state index is 4.54. The Hall–Kier alpha value is -1.61. The van der Waals surface area contributed by atoms with Crippen molar-refractivity contribution in [3.05, 3.63) is 42.5 Å². The summed E-state index contributed by atoms with van der Waals surface area (Å²) in [4.78, 5) is 9.93. The first kappa shape index (κ1) is 8.68. The monoisotopic (exact) mass is 212 g/mol. The number of para-hydroxylation sites is 3. The number of benzene rings is 2. The molecule has 0 N–H and O–H groups in total. The van der Waals surface area contributed by atoms with Crippen molar-refractivity contribution in [2.75, 3.05) is 0 Å². The smallest absolute Gasteiger partial charge is 0.103 e. The highest BCUT2D eigenvalue weighted by atomic mass is 32.1. The van der Waals surface area contributed by atoms with E-state index in [1.807, 2.05) is 42.5 Å². The van der Waals surface area contributed by atoms with Crippen LogP contribution >= 0.6 is 12.6 Å². The van der Waals surface area contributed by atoms with Crippen molar-refractivity contribution in [1.29, 1.82) is 0 Å². The molecule has 0 amide bonds. The van der Waals surface area contributed by atoms with E-state index in [9.17, 15) is 0 Å². The molecule has 1 aromatic heterocycles. The van der Waals surface area contributed by atoms with Crippen LogP contribution in [0.15, 0.2) is 47.4 Å². The number of hydrogen-bond acceptors (Lipinski definition) is 3. The van der Waals surface area contributed by atoms with Gasteiger partial charge in [0, 0.05) is 4.90 Å². The lowest BCUT2D eigenvalue weighted by Crippen LogP contribution is -1.87. The summed E-state index contributed by atoms with van der Waals surface area (Å²) in [5, 5.41) is 0. The molecule has 2 aromatic carbocycles. The van der Waals surface area contributed by atoms with Gasteiger partial charge in [-0.25, -0.2) is 9.97 Å². The Morgan fingerprint density at radius 1 is 0.733 bits per heavy atom. The van der Waals surface area contributed by atoms with E-state index in [0.29, 0.717) is 0 Å². The topological polar surface area (TPSA) is 25.8 Å². The van der Waals surface area contributed by atoms with Crippen LogP contribution in [-0.4, -0.2) is 9.97 Å². The third kappa shape index (κ3) is 1.36. The molecule has 0 spiro atoms. The molecule has 2 nitrogen and oxygen atoms in total. The van der Waals surface area contributed by atoms with Crippen molar-refractivity contribution in [2.45, 2.75) is 4.90 Å². The minimum Gasteiger partial charge on any atom is -0.244 e. The van der Waals surface area contributed by atoms with Gasteiger partial charge in [0.25, 0.3) is 0 Å². The number of rotatable bonds is 0. The van der Waals surface area contributed by atoms with Crippen molar-refractivity contribution in [1.82, 2.24) is 9.97 Å². The van der Waals surface area contributed by atoms with Gasteiger partial charge in [-0.15, -0.1) is 12.6 Å². The summed E-state index contributed by atoms with van der Waals surface area (Å²) in [6.07, 6.45) is 0. The van der Waals surface area contributed by atoms with Crippen LogP contribution in [0, 0.1) is 0 Å². The van der Waals surface area contributed by atoms with E-state index >= 15 is 0 Å². The van der Waals surface area contributed by atoms with Crippen molar-refractivity contribution < 1.29 is 0 Å². The highest BCUT2D eigenvalue weighted by Crippen LogP contribution is 2.21. The first-order valence-corrected chi connectivity index (χ1v) is 5.14. The molecule has 0 aliphatic carbocycles. The predicted molar refractivity (Wildman–Crippen MR) is 64.3 cm³/mol. The van der Waals surface area contributed by atoms with Crippen molar-refractivity contribution >= 4 is 34.7 Å². The lowest BCUT2D eigenvalue weighted by molar-refractivity contribution is 1.35. The average Bonchev–Trinajstić information content (AvgIpc) is 2.27. The Labute approximate surface area is 92.4 Å². The molecule has 3 heteroatoms. The molecule has 1 heterocycles. The van der Waals surface area contributed by atoms with E-state index in [4.69, 9.17) is 0 Å². The molecule has 15 heavy (non-hydrogen) atoms. The minimum absolute atomic E-state index is 0.861. The van der Waals surface area contributed by atoms with Gasteiger partial charge in [-0.1, -0.05) is 18.2 Å². The lowest BCUT2D eigenvalue weighted by atomic mass is 10.2. The third-order valence-corrected chi connectivity index (χ3v) is 2.71. The SMILES string of the molecule is Sc1cccc2nc3ccccc3nc12. The minimum atomic E-state index is 0.861. The zero-order valence-corrected chi connectivity index (χ0v) is 8.78. The Morgan fingerprint density at radius 2 is 1.40 bits per heavy atom. The van der Waals surface area contributed by atoms with E-state index in [2.05, 4.69) is 22.6 Å². The molecule has 0 aliphatic heterocycles. The standard InChI is InChI=1S/C12H8N2S/c15-11-7-3-6-10-12(11)14-9-5-2-1-4-8(9)13-10/h1-7,15H. The van der Waals surface area contributed by atoms with Crippen molar-refractivity contribution in [2.24, 2.45) is 0 Å². The van der Waals surface area contributed by atoms with Crippen LogP contribution < -0.4 is 0 Å². The Morgan fingerprint density at radius 3 is 2.20 bits per heavy atom. The fourth-order valence-electron chi connectivity index (χ4n) is 1.63. The van der Waals surface area contributed by atoms with Crippen LogP contribution in [0.3, 0.4) is 0 Å². The van der Waals surface area contributed by atoms with Crippen LogP contribution in [0.25, 0.3) is 22.1 Å². The van der Waals surface area contributed by atoms with Gasteiger partial charge >= 0.3 is 0 Å². The van der Waals surface area contributed by atoms with Crippen molar-refractivity contribution in [3.63, 3.8) is 0 Å². The van der Waals surface area contributed by atoms with Crippen LogP contribution in [0.1, 0.15) is 0 Å². The second-order valence-corrected chi connectivity index (χ2v) is 3.84. The van der Waals surface area contributed by atoms with Gasteiger partial charge in [-0.3, -0.25) is 0 Å². The molecule has 3 aromatic rings. The molecule has 0 aliphatic rings. The molecule has 0 saturated heterocycles. The highest BCUT2D eigenvalue weighted by molar-refractivity contribution is 7.80. The van der Waals surface area contributed by atoms with E-state index in [1.165, 1.54) is 0 Å². The van der Waals surface area contributed by atoms with Gasteiger partial charge < -0.3 is 0 Å². The van der Waals surface area contributed by atoms with Crippen LogP contribution in [0.5, 0.6) is 0 Å². The summed E-state index contributed by atoms with van der Waals surface area (Å²) in [6, 6.07) is 13.7. The summed E-state index contributed by atoms with van der Waals surface area (Å²) in [6.45, 7) is 0. The molecule has 0 saturated carbocycles. The quantitative estimate of drug-likeness (QED) is 0.458. The van der Waals surface area contributed by atoms with Gasteiger partial charge in [-0.2, -0.15) is 0 Å². The van der Waals surface area contributed by atoms with Gasteiger partial charge in [-0.05, 0) is 24.3 Å². The molecule has 0 radical (unpaired) electrons. The lowest BCUT2D eigenvalue weighted by Gasteiger charge is -2.01. The number of hydrogen-bond donors (Lipinski definition) is 1. The summed E-state index contributed by atoms with van der Waals surface area (Å²) in [5.74, 6) is 0. The zero-order chi connectivity index (χ0) is 10.3. The first-order valence-electron chi connectivity index (χ1n) is 4.69. The maximum Gasteiger partial charge on any atom is 0.103 e. The fourth-order valence-corrected chi connectivity index (χ4v) is 1.88. The second kappa shape index (κ2) is 3.21. The van der Waals surface area contributed by atoms with Crippen molar-refractivity contribution in [3.8, 4) is 0 Å². The van der Waals surface area contributed by atoms with Gasteiger partial charge in [0.1, 0.15) is 5.52 Å². The van der Waals surface area contributed by atoms with E-state index in [1.54, 1.807) is 0 Å². The molecular weight excluding hydrogens is 204 g/mol. The van der Waals surface area contributed by atoms with Crippen LogP contribution in [0.2, 0.25) is 0 Å². The normalized spacial score (nSPS) is 11.0. The Balaban J connectivity index is 2.53. The molecule has 72 valence electrons. The summed E-state index contributed by atoms with van der Waals surface area (Å²) < 4.78 is 0. The van der Waals surface area contributed by atoms with E-state index in [-0.39, 0.29) is 0 Å². The molecular formula is C12H8N2S. The number of fused-ring (bicyclic) bond motifs is 2. The van der Waals surface area contributed by atoms with E-state index < -0.39 is 0 Å². The molecule has 0 unspecified atom stereocenters. The molecule has 0 atom stereocenters. The average molecular weight is 212 g/mol. The summed E-state index contributed by atoms with van der Waals surface area (Å²) in [7, 11) is 0. The number of thiol groups is 1. The number of nitrogens with zero attached hydrogens (tertiary/aromatic N) is 2. The molecule has 0 fully saturated rings. The van der Waals surface area contributed by atoms with Crippen LogP contribution in [0.4, 0.5) is 0 Å². The maximum atomic E-state index is 4.54. The number of aromatic nitrogens is 2. The molecule has 0 bridgehead atoms. The Kier molecular flexibility index (Phi) is 1.86. The fraction of sp³-hybridized carbons (Fsp3) is 0. The summed E-state index contributed by atoms with van der Waals surface area (Å²) in [5.41, 5.74) is 3.58. The largest absolute Gasteiger partial charge is 0.244 e. The van der Waals surface area contributed by atoms with Gasteiger partial charge in [0.2, 0.25) is 0 Å². The zero-order valence-electron chi connectivity index (χ0n) is 7.88. The van der Waals surface area contributed by atoms with E-state index in [0.717, 1.165) is 27.0 Å².